The van der Waals surface area contributed by atoms with E-state index in [9.17, 15) is 0 Å². The number of hydrogen-bond donors (Lipinski definition) is 2. The molecule has 1 aromatic heterocycles. The molecule has 2 atom stereocenters. The molecule has 0 bridgehead atoms. The smallest absolute Gasteiger partial charge is 0.219 e. The van der Waals surface area contributed by atoms with Crippen molar-refractivity contribution in [3.05, 3.63) is 11.9 Å². The lowest BCUT2D eigenvalue weighted by molar-refractivity contribution is 0.116. The number of aromatic nitrogens is 2. The summed E-state index contributed by atoms with van der Waals surface area (Å²) in [6.45, 7) is 6.38. The summed E-state index contributed by atoms with van der Waals surface area (Å²) >= 11 is 0. The molecular formula is C15H26N4O. The summed E-state index contributed by atoms with van der Waals surface area (Å²) in [5, 5.41) is 0. The third kappa shape index (κ3) is 3.82. The molecule has 0 saturated heterocycles. The molecule has 0 radical (unpaired) electrons. The van der Waals surface area contributed by atoms with Gasteiger partial charge in [0.1, 0.15) is 17.7 Å². The van der Waals surface area contributed by atoms with Gasteiger partial charge in [-0.15, -0.1) is 0 Å². The molecule has 2 rings (SSSR count). The average Bonchev–Trinajstić information content (AvgIpc) is 2.47. The SMILES string of the molecule is CCC1CCCC(Oc2cc(NN)nc(C(C)C)n2)C1. The first-order chi connectivity index (χ1) is 9.62. The number of anilines is 1. The molecule has 1 heterocycles. The molecule has 1 aliphatic rings. The summed E-state index contributed by atoms with van der Waals surface area (Å²) < 4.78 is 6.07. The van der Waals surface area contributed by atoms with Gasteiger partial charge in [-0.25, -0.2) is 10.8 Å². The van der Waals surface area contributed by atoms with Crippen LogP contribution < -0.4 is 16.0 Å². The van der Waals surface area contributed by atoms with E-state index in [-0.39, 0.29) is 12.0 Å². The van der Waals surface area contributed by atoms with Gasteiger partial charge in [-0.1, -0.05) is 33.6 Å². The summed E-state index contributed by atoms with van der Waals surface area (Å²) in [5.41, 5.74) is 2.59. The Hall–Kier alpha value is -1.36. The molecular weight excluding hydrogens is 252 g/mol. The Labute approximate surface area is 121 Å². The van der Waals surface area contributed by atoms with Crippen LogP contribution in [0.1, 0.15) is 64.6 Å². The van der Waals surface area contributed by atoms with Crippen molar-refractivity contribution in [2.45, 2.75) is 64.9 Å². The van der Waals surface area contributed by atoms with Gasteiger partial charge in [0, 0.05) is 12.0 Å². The lowest BCUT2D eigenvalue weighted by Gasteiger charge is -2.28. The van der Waals surface area contributed by atoms with Gasteiger partial charge in [-0.2, -0.15) is 4.98 Å². The van der Waals surface area contributed by atoms with Crippen LogP contribution in [0.15, 0.2) is 6.07 Å². The number of hydrazine groups is 1. The van der Waals surface area contributed by atoms with Crippen molar-refractivity contribution >= 4 is 5.82 Å². The predicted molar refractivity (Wildman–Crippen MR) is 80.6 cm³/mol. The van der Waals surface area contributed by atoms with Crippen LogP contribution >= 0.6 is 0 Å². The van der Waals surface area contributed by atoms with Crippen LogP contribution in [0.5, 0.6) is 5.88 Å². The topological polar surface area (TPSA) is 73.1 Å². The Morgan fingerprint density at radius 2 is 2.20 bits per heavy atom. The highest BCUT2D eigenvalue weighted by Gasteiger charge is 2.23. The minimum atomic E-state index is 0.250. The van der Waals surface area contributed by atoms with Crippen LogP contribution in [-0.2, 0) is 0 Å². The first kappa shape index (κ1) is 15.0. The molecule has 20 heavy (non-hydrogen) atoms. The monoisotopic (exact) mass is 278 g/mol. The van der Waals surface area contributed by atoms with Crippen LogP contribution in [0.3, 0.4) is 0 Å². The summed E-state index contributed by atoms with van der Waals surface area (Å²) in [4.78, 5) is 8.85. The Bertz CT molecular complexity index is 436. The fourth-order valence-corrected chi connectivity index (χ4v) is 2.73. The van der Waals surface area contributed by atoms with E-state index < -0.39 is 0 Å². The molecule has 1 aliphatic carbocycles. The Morgan fingerprint density at radius 3 is 2.85 bits per heavy atom. The number of rotatable bonds is 5. The second-order valence-corrected chi connectivity index (χ2v) is 5.93. The largest absolute Gasteiger partial charge is 0.474 e. The van der Waals surface area contributed by atoms with Crippen molar-refractivity contribution in [2.75, 3.05) is 5.43 Å². The number of nitrogens with one attached hydrogen (secondary N) is 1. The van der Waals surface area contributed by atoms with Gasteiger partial charge >= 0.3 is 0 Å². The predicted octanol–water partition coefficient (Wildman–Crippen LogP) is 3.23. The fraction of sp³-hybridized carbons (Fsp3) is 0.733. The second-order valence-electron chi connectivity index (χ2n) is 5.93. The minimum Gasteiger partial charge on any atom is -0.474 e. The molecule has 0 aliphatic heterocycles. The van der Waals surface area contributed by atoms with E-state index >= 15 is 0 Å². The molecule has 5 heteroatoms. The van der Waals surface area contributed by atoms with Crippen LogP contribution in [0.4, 0.5) is 5.82 Å². The third-order valence-corrected chi connectivity index (χ3v) is 3.98. The van der Waals surface area contributed by atoms with Gasteiger partial charge < -0.3 is 10.2 Å². The molecule has 3 N–H and O–H groups in total. The summed E-state index contributed by atoms with van der Waals surface area (Å²) in [6.07, 6.45) is 6.32. The molecule has 1 saturated carbocycles. The maximum Gasteiger partial charge on any atom is 0.219 e. The first-order valence-corrected chi connectivity index (χ1v) is 7.64. The maximum absolute atomic E-state index is 6.07. The van der Waals surface area contributed by atoms with E-state index in [1.807, 2.05) is 0 Å². The van der Waals surface area contributed by atoms with Crippen molar-refractivity contribution < 1.29 is 4.74 Å². The van der Waals surface area contributed by atoms with E-state index in [4.69, 9.17) is 10.6 Å². The van der Waals surface area contributed by atoms with Crippen LogP contribution in [0.2, 0.25) is 0 Å². The summed E-state index contributed by atoms with van der Waals surface area (Å²) in [5.74, 6) is 8.52. The third-order valence-electron chi connectivity index (χ3n) is 3.98. The molecule has 0 aromatic carbocycles. The van der Waals surface area contributed by atoms with Crippen LogP contribution in [0, 0.1) is 5.92 Å². The maximum atomic E-state index is 6.07. The van der Waals surface area contributed by atoms with Crippen molar-refractivity contribution in [1.29, 1.82) is 0 Å². The highest BCUT2D eigenvalue weighted by Crippen LogP contribution is 2.29. The van der Waals surface area contributed by atoms with Crippen molar-refractivity contribution in [3.8, 4) is 5.88 Å². The molecule has 5 nitrogen and oxygen atoms in total. The van der Waals surface area contributed by atoms with Crippen molar-refractivity contribution in [2.24, 2.45) is 11.8 Å². The zero-order valence-corrected chi connectivity index (χ0v) is 12.7. The summed E-state index contributed by atoms with van der Waals surface area (Å²) in [7, 11) is 0. The molecule has 112 valence electrons. The fourth-order valence-electron chi connectivity index (χ4n) is 2.73. The van der Waals surface area contributed by atoms with E-state index in [2.05, 4.69) is 36.2 Å². The highest BCUT2D eigenvalue weighted by atomic mass is 16.5. The average molecular weight is 278 g/mol. The number of nitrogen functional groups attached to an aromatic ring is 1. The van der Waals surface area contributed by atoms with Gasteiger partial charge in [-0.05, 0) is 25.2 Å². The lowest BCUT2D eigenvalue weighted by Crippen LogP contribution is -2.25. The van der Waals surface area contributed by atoms with Crippen molar-refractivity contribution in [3.63, 3.8) is 0 Å². The second kappa shape index (κ2) is 6.88. The van der Waals surface area contributed by atoms with E-state index in [0.29, 0.717) is 11.7 Å². The van der Waals surface area contributed by atoms with Gasteiger partial charge in [0.2, 0.25) is 5.88 Å². The van der Waals surface area contributed by atoms with Crippen LogP contribution in [-0.4, -0.2) is 16.1 Å². The van der Waals surface area contributed by atoms with Gasteiger partial charge in [-0.3, -0.25) is 0 Å². The first-order valence-electron chi connectivity index (χ1n) is 7.64. The van der Waals surface area contributed by atoms with Gasteiger partial charge in [0.05, 0.1) is 0 Å². The molecule has 1 fully saturated rings. The van der Waals surface area contributed by atoms with E-state index in [1.165, 1.54) is 19.3 Å². The zero-order valence-electron chi connectivity index (χ0n) is 12.7. The minimum absolute atomic E-state index is 0.250. The Kier molecular flexibility index (Phi) is 5.17. The van der Waals surface area contributed by atoms with Gasteiger partial charge in [0.15, 0.2) is 0 Å². The standard InChI is InChI=1S/C15H26N4O/c1-4-11-6-5-7-12(8-11)20-14-9-13(19-16)17-15(18-14)10(2)3/h9-12H,4-8,16H2,1-3H3,(H,17,18,19). The number of ether oxygens (including phenoxy) is 1. The van der Waals surface area contributed by atoms with Crippen LogP contribution in [0.25, 0.3) is 0 Å². The number of hydrogen-bond acceptors (Lipinski definition) is 5. The molecule has 0 spiro atoms. The Morgan fingerprint density at radius 1 is 1.40 bits per heavy atom. The molecule has 0 amide bonds. The highest BCUT2D eigenvalue weighted by molar-refractivity contribution is 5.37. The normalized spacial score (nSPS) is 22.9. The summed E-state index contributed by atoms with van der Waals surface area (Å²) in [6, 6.07) is 1.78. The van der Waals surface area contributed by atoms with Gasteiger partial charge in [0.25, 0.3) is 0 Å². The van der Waals surface area contributed by atoms with E-state index in [1.54, 1.807) is 6.07 Å². The van der Waals surface area contributed by atoms with E-state index in [0.717, 1.165) is 24.6 Å². The zero-order chi connectivity index (χ0) is 14.5. The Balaban J connectivity index is 2.09. The quantitative estimate of drug-likeness (QED) is 0.639. The molecule has 1 aromatic rings. The lowest BCUT2D eigenvalue weighted by atomic mass is 9.85. The number of nitrogens with two attached hydrogens (primary N) is 1. The molecule has 2 unspecified atom stereocenters. The number of nitrogens with zero attached hydrogens (tertiary/aromatic N) is 2. The van der Waals surface area contributed by atoms with Crippen molar-refractivity contribution in [1.82, 2.24) is 9.97 Å².